The number of benzene rings is 1. The second-order valence-electron chi connectivity index (χ2n) is 9.24. The number of esters is 2. The van der Waals surface area contributed by atoms with Crippen LogP contribution in [-0.4, -0.2) is 80.2 Å². The minimum atomic E-state index is -0.107. The van der Waals surface area contributed by atoms with Crippen molar-refractivity contribution in [2.24, 2.45) is 11.7 Å². The van der Waals surface area contributed by atoms with Crippen LogP contribution < -0.4 is 5.73 Å². The topological polar surface area (TPSA) is 130 Å². The fourth-order valence-corrected chi connectivity index (χ4v) is 4.23. The van der Waals surface area contributed by atoms with Crippen LogP contribution in [-0.2, 0) is 28.7 Å². The van der Waals surface area contributed by atoms with Gasteiger partial charge in [-0.05, 0) is 106 Å². The lowest BCUT2D eigenvalue weighted by atomic mass is 10.0. The Kier molecular flexibility index (Phi) is 46.2. The van der Waals surface area contributed by atoms with Gasteiger partial charge in [0.15, 0.2) is 5.78 Å². The van der Waals surface area contributed by atoms with Crippen molar-refractivity contribution in [2.45, 2.75) is 80.6 Å². The Morgan fingerprint density at radius 2 is 1.29 bits per heavy atom. The first-order valence-corrected chi connectivity index (χ1v) is 18.9. The van der Waals surface area contributed by atoms with Crippen LogP contribution in [0.1, 0.15) is 95.1 Å². The van der Waals surface area contributed by atoms with Gasteiger partial charge < -0.3 is 20.0 Å². The van der Waals surface area contributed by atoms with Crippen molar-refractivity contribution in [3.8, 4) is 0 Å². The minimum Gasteiger partial charge on any atom is -0.469 e. The first-order valence-electron chi connectivity index (χ1n) is 14.8. The maximum absolute atomic E-state index is 11.1. The predicted molar refractivity (Wildman–Crippen MR) is 200 cm³/mol. The number of carbonyl (C=O) groups excluding carboxylic acids is 5. The van der Waals surface area contributed by atoms with Crippen LogP contribution in [0.3, 0.4) is 0 Å². The van der Waals surface area contributed by atoms with Crippen molar-refractivity contribution in [1.29, 1.82) is 0 Å². The summed E-state index contributed by atoms with van der Waals surface area (Å²) in [7, 11) is 2.85. The standard InChI is InChI=1S/C12H14O.C7H14O2S.C6H12O2S.C6H12OS.C2H6.CH3NO/c1-8(2)11-5-9(3)6-12(7-11)10(4)13;1-6(4-5-10-3)7(8)9-2;1-8-6(7)4-3-5-9-2;1-6(7)4-3-5-8-2;1-2;2-1-3/h5-7H,1H2,2-4H3;6H,4-5H2,1-3H3;3-5H2,1-2H3;3-5H2,1-2H3;1-2H3;1H,(H2,2,3)/t;6-;;;;/m.1..../s1. The lowest BCUT2D eigenvalue weighted by Gasteiger charge is -2.06. The Bertz CT molecular complexity index is 893. The molecule has 262 valence electrons. The van der Waals surface area contributed by atoms with Crippen LogP contribution >= 0.6 is 35.3 Å². The van der Waals surface area contributed by atoms with Crippen LogP contribution in [0.4, 0.5) is 0 Å². The Labute approximate surface area is 287 Å². The predicted octanol–water partition coefficient (Wildman–Crippen LogP) is 7.93. The van der Waals surface area contributed by atoms with Gasteiger partial charge in [-0.2, -0.15) is 35.3 Å². The molecule has 0 aliphatic carbocycles. The van der Waals surface area contributed by atoms with Crippen molar-refractivity contribution >= 4 is 70.8 Å². The molecule has 45 heavy (non-hydrogen) atoms. The molecule has 1 rings (SSSR count). The van der Waals surface area contributed by atoms with Gasteiger partial charge in [0.1, 0.15) is 5.78 Å². The summed E-state index contributed by atoms with van der Waals surface area (Å²) < 4.78 is 9.01. The van der Waals surface area contributed by atoms with E-state index in [1.165, 1.54) is 14.2 Å². The van der Waals surface area contributed by atoms with Crippen LogP contribution in [0.5, 0.6) is 0 Å². The summed E-state index contributed by atoms with van der Waals surface area (Å²) >= 11 is 5.29. The normalized spacial score (nSPS) is 9.51. The van der Waals surface area contributed by atoms with Crippen LogP contribution in [0.2, 0.25) is 0 Å². The summed E-state index contributed by atoms with van der Waals surface area (Å²) in [5.74, 6) is 3.42. The number of nitrogens with two attached hydrogens (primary N) is 1. The zero-order valence-corrected chi connectivity index (χ0v) is 32.4. The van der Waals surface area contributed by atoms with Gasteiger partial charge >= 0.3 is 11.9 Å². The molecule has 1 aromatic rings. The Morgan fingerprint density at radius 3 is 1.64 bits per heavy atom. The van der Waals surface area contributed by atoms with Gasteiger partial charge in [-0.25, -0.2) is 0 Å². The van der Waals surface area contributed by atoms with Crippen LogP contribution in [0.15, 0.2) is 24.8 Å². The van der Waals surface area contributed by atoms with Crippen LogP contribution in [0.25, 0.3) is 5.57 Å². The molecular formula is C34H61NO7S3. The first-order chi connectivity index (χ1) is 21.2. The molecule has 0 unspecified atom stereocenters. The molecule has 8 nitrogen and oxygen atoms in total. The molecule has 1 atom stereocenters. The molecule has 0 aliphatic rings. The van der Waals surface area contributed by atoms with Crippen molar-refractivity contribution in [1.82, 2.24) is 0 Å². The third kappa shape index (κ3) is 41.8. The maximum atomic E-state index is 11.1. The van der Waals surface area contributed by atoms with E-state index in [1.54, 1.807) is 49.1 Å². The largest absolute Gasteiger partial charge is 0.469 e. The molecule has 0 saturated heterocycles. The molecule has 0 heterocycles. The lowest BCUT2D eigenvalue weighted by molar-refractivity contribution is -0.145. The van der Waals surface area contributed by atoms with E-state index in [2.05, 4.69) is 28.0 Å². The fraction of sp³-hybridized carbons (Fsp3) is 0.618. The third-order valence-corrected chi connectivity index (χ3v) is 7.21. The van der Waals surface area contributed by atoms with Gasteiger partial charge in [0.05, 0.1) is 20.1 Å². The minimum absolute atomic E-state index is 0.0532. The first kappa shape index (κ1) is 52.3. The average Bonchev–Trinajstić information content (AvgIpc) is 3.01. The zero-order valence-electron chi connectivity index (χ0n) is 29.9. The second-order valence-corrected chi connectivity index (χ2v) is 12.2. The Hall–Kier alpha value is -2.24. The number of aryl methyl sites for hydroxylation is 1. The summed E-state index contributed by atoms with van der Waals surface area (Å²) in [5, 5.41) is 0. The van der Waals surface area contributed by atoms with E-state index in [1.807, 2.05) is 65.3 Å². The van der Waals surface area contributed by atoms with Crippen molar-refractivity contribution in [2.75, 3.05) is 50.2 Å². The molecule has 2 N–H and O–H groups in total. The van der Waals surface area contributed by atoms with Crippen LogP contribution in [0, 0.1) is 12.8 Å². The quantitative estimate of drug-likeness (QED) is 0.0888. The monoisotopic (exact) mass is 691 g/mol. The Morgan fingerprint density at radius 1 is 0.844 bits per heavy atom. The number of amides is 1. The molecule has 1 amide bonds. The van der Waals surface area contributed by atoms with Gasteiger partial charge in [0.25, 0.3) is 0 Å². The number of methoxy groups -OCH3 is 2. The maximum Gasteiger partial charge on any atom is 0.308 e. The zero-order chi connectivity index (χ0) is 36.2. The molecule has 0 spiro atoms. The number of allylic oxidation sites excluding steroid dienone is 1. The van der Waals surface area contributed by atoms with Crippen molar-refractivity contribution < 1.29 is 33.4 Å². The molecule has 0 radical (unpaired) electrons. The molecule has 0 fully saturated rings. The van der Waals surface area contributed by atoms with Gasteiger partial charge in [-0.1, -0.05) is 39.0 Å². The van der Waals surface area contributed by atoms with E-state index in [4.69, 9.17) is 4.79 Å². The van der Waals surface area contributed by atoms with E-state index in [0.29, 0.717) is 12.2 Å². The van der Waals surface area contributed by atoms with Gasteiger partial charge in [-0.3, -0.25) is 19.2 Å². The number of hydrogen-bond donors (Lipinski definition) is 1. The Balaban J connectivity index is -0.000000153. The third-order valence-electron chi connectivity index (χ3n) is 5.17. The number of thioether (sulfide) groups is 3. The molecule has 0 saturated carbocycles. The van der Waals surface area contributed by atoms with Gasteiger partial charge in [-0.15, -0.1) is 0 Å². The summed E-state index contributed by atoms with van der Waals surface area (Å²) in [6.07, 6.45) is 10.5. The molecule has 1 aromatic carbocycles. The average molecular weight is 692 g/mol. The van der Waals surface area contributed by atoms with E-state index < -0.39 is 0 Å². The van der Waals surface area contributed by atoms with Gasteiger partial charge in [0, 0.05) is 18.4 Å². The SMILES string of the molecule is C=C(C)c1cc(C)cc(C(C)=O)c1.CC.COC(=O)CCCSC.COC(=O)[C@H](C)CCSC.CSCCCC(C)=O.NC=O. The van der Waals surface area contributed by atoms with E-state index >= 15 is 0 Å². The fourth-order valence-electron chi connectivity index (χ4n) is 2.77. The number of carbonyl (C=O) groups is 5. The highest BCUT2D eigenvalue weighted by molar-refractivity contribution is 7.98. The molecular weight excluding hydrogens is 631 g/mol. The molecule has 11 heteroatoms. The summed E-state index contributed by atoms with van der Waals surface area (Å²) in [6, 6.07) is 5.82. The molecule has 0 aliphatic heterocycles. The van der Waals surface area contributed by atoms with Crippen molar-refractivity contribution in [3.63, 3.8) is 0 Å². The number of ether oxygens (including phenoxy) is 2. The highest BCUT2D eigenvalue weighted by atomic mass is 32.2. The summed E-state index contributed by atoms with van der Waals surface area (Å²) in [4.78, 5) is 51.3. The highest BCUT2D eigenvalue weighted by Crippen LogP contribution is 2.16. The second kappa shape index (κ2) is 39.8. The molecule has 0 aromatic heterocycles. The number of rotatable bonds is 14. The molecule has 0 bridgehead atoms. The summed E-state index contributed by atoms with van der Waals surface area (Å²) in [5.41, 5.74) is 8.07. The summed E-state index contributed by atoms with van der Waals surface area (Å²) in [6.45, 7) is 16.9. The number of hydrogen-bond acceptors (Lipinski definition) is 10. The lowest BCUT2D eigenvalue weighted by Crippen LogP contribution is -2.13. The number of Topliss-reactive ketones (excluding diaryl/α,β-unsaturated/α-hetero) is 2. The highest BCUT2D eigenvalue weighted by Gasteiger charge is 2.11. The van der Waals surface area contributed by atoms with E-state index in [0.717, 1.165) is 65.2 Å². The van der Waals surface area contributed by atoms with E-state index in [-0.39, 0.29) is 30.0 Å². The van der Waals surface area contributed by atoms with Crippen molar-refractivity contribution in [3.05, 3.63) is 41.5 Å². The number of primary amides is 1. The van der Waals surface area contributed by atoms with E-state index in [9.17, 15) is 19.2 Å². The number of ketones is 2. The van der Waals surface area contributed by atoms with Gasteiger partial charge in [0.2, 0.25) is 6.41 Å². The smallest absolute Gasteiger partial charge is 0.308 e.